The number of hydrogen-bond donors (Lipinski definition) is 2. The van der Waals surface area contributed by atoms with E-state index in [1.807, 2.05) is 47.6 Å². The molecular formula is C25H31N5O2. The summed E-state index contributed by atoms with van der Waals surface area (Å²) in [5.74, 6) is 2.57. The Balaban J connectivity index is 1.47. The standard InChI is InChI=1S/C25H31N5O2/c1-17(2)16-32-23-7-5-4-6-20(23)13-27-24-12-19(8-10-26-24)22-14-28-29-25(22)21-9-11-30(15-21)18(3)31/h4-8,10,12,14,17,21H,9,11,13,15-16H2,1-3H3,(H,26,27)(H,28,29)/t21-/m1/s1. The van der Waals surface area contributed by atoms with Crippen LogP contribution in [-0.2, 0) is 11.3 Å². The van der Waals surface area contributed by atoms with Gasteiger partial charge in [-0.2, -0.15) is 5.10 Å². The van der Waals surface area contributed by atoms with Gasteiger partial charge in [0.25, 0.3) is 0 Å². The Morgan fingerprint density at radius 2 is 2.16 bits per heavy atom. The predicted molar refractivity (Wildman–Crippen MR) is 126 cm³/mol. The summed E-state index contributed by atoms with van der Waals surface area (Å²) in [5, 5.41) is 10.9. The molecule has 4 rings (SSSR count). The summed E-state index contributed by atoms with van der Waals surface area (Å²) in [4.78, 5) is 18.1. The normalized spacial score (nSPS) is 15.9. The fraction of sp³-hybridized carbons (Fsp3) is 0.400. The molecule has 1 fully saturated rings. The van der Waals surface area contributed by atoms with Crippen LogP contribution in [0, 0.1) is 5.92 Å². The van der Waals surface area contributed by atoms with Crippen LogP contribution in [0.5, 0.6) is 5.75 Å². The van der Waals surface area contributed by atoms with Crippen LogP contribution in [-0.4, -0.2) is 45.7 Å². The number of pyridine rings is 1. The molecule has 3 aromatic rings. The summed E-state index contributed by atoms with van der Waals surface area (Å²) >= 11 is 0. The molecule has 0 saturated carbocycles. The number of ether oxygens (including phenoxy) is 1. The highest BCUT2D eigenvalue weighted by atomic mass is 16.5. The molecule has 2 aromatic heterocycles. The van der Waals surface area contributed by atoms with Crippen molar-refractivity contribution in [3.8, 4) is 16.9 Å². The lowest BCUT2D eigenvalue weighted by Crippen LogP contribution is -2.25. The van der Waals surface area contributed by atoms with Gasteiger partial charge in [0.1, 0.15) is 11.6 Å². The Hall–Kier alpha value is -3.35. The molecule has 7 nitrogen and oxygen atoms in total. The van der Waals surface area contributed by atoms with Crippen molar-refractivity contribution in [1.29, 1.82) is 0 Å². The van der Waals surface area contributed by atoms with Gasteiger partial charge in [0.05, 0.1) is 12.8 Å². The number of aromatic amines is 1. The fourth-order valence-corrected chi connectivity index (χ4v) is 4.05. The Morgan fingerprint density at radius 3 is 2.94 bits per heavy atom. The van der Waals surface area contributed by atoms with Crippen molar-refractivity contribution in [3.05, 3.63) is 60.0 Å². The van der Waals surface area contributed by atoms with Crippen LogP contribution in [0.4, 0.5) is 5.82 Å². The molecule has 3 heterocycles. The number of aromatic nitrogens is 3. The second-order valence-electron chi connectivity index (χ2n) is 8.74. The van der Waals surface area contributed by atoms with Gasteiger partial charge in [-0.05, 0) is 36.1 Å². The Morgan fingerprint density at radius 1 is 1.31 bits per heavy atom. The molecule has 0 spiro atoms. The number of benzene rings is 1. The van der Waals surface area contributed by atoms with E-state index in [0.29, 0.717) is 19.1 Å². The molecule has 0 aliphatic carbocycles. The number of H-pyrrole nitrogens is 1. The summed E-state index contributed by atoms with van der Waals surface area (Å²) in [7, 11) is 0. The Bertz CT molecular complexity index is 1060. The molecule has 0 unspecified atom stereocenters. The molecule has 1 amide bonds. The number of nitrogens with one attached hydrogen (secondary N) is 2. The number of para-hydroxylation sites is 1. The molecular weight excluding hydrogens is 402 g/mol. The van der Waals surface area contributed by atoms with Gasteiger partial charge >= 0.3 is 0 Å². The first kappa shape index (κ1) is 21.9. The molecule has 0 radical (unpaired) electrons. The number of carbonyl (C=O) groups is 1. The molecule has 1 aliphatic heterocycles. The highest BCUT2D eigenvalue weighted by Gasteiger charge is 2.28. The van der Waals surface area contributed by atoms with Gasteiger partial charge in [0.15, 0.2) is 0 Å². The van der Waals surface area contributed by atoms with E-state index in [9.17, 15) is 4.79 Å². The van der Waals surface area contributed by atoms with E-state index >= 15 is 0 Å². The number of hydrogen-bond acceptors (Lipinski definition) is 5. The van der Waals surface area contributed by atoms with Crippen molar-refractivity contribution < 1.29 is 9.53 Å². The molecule has 1 aliphatic rings. The minimum Gasteiger partial charge on any atom is -0.493 e. The average Bonchev–Trinajstić information content (AvgIpc) is 3.46. The summed E-state index contributed by atoms with van der Waals surface area (Å²) in [6.45, 7) is 8.75. The molecule has 7 heteroatoms. The van der Waals surface area contributed by atoms with Gasteiger partial charge in [-0.15, -0.1) is 0 Å². The molecule has 1 atom stereocenters. The summed E-state index contributed by atoms with van der Waals surface area (Å²) in [6, 6.07) is 12.1. The lowest BCUT2D eigenvalue weighted by Gasteiger charge is -2.15. The Kier molecular flexibility index (Phi) is 6.73. The Labute approximate surface area is 189 Å². The van der Waals surface area contributed by atoms with Gasteiger partial charge in [0.2, 0.25) is 5.91 Å². The van der Waals surface area contributed by atoms with Crippen molar-refractivity contribution in [3.63, 3.8) is 0 Å². The van der Waals surface area contributed by atoms with Crippen LogP contribution in [0.2, 0.25) is 0 Å². The lowest BCUT2D eigenvalue weighted by atomic mass is 9.97. The maximum Gasteiger partial charge on any atom is 0.219 e. The molecule has 0 bridgehead atoms. The minimum absolute atomic E-state index is 0.126. The van der Waals surface area contributed by atoms with E-state index in [2.05, 4.69) is 40.4 Å². The summed E-state index contributed by atoms with van der Waals surface area (Å²) < 4.78 is 5.97. The zero-order valence-electron chi connectivity index (χ0n) is 19.0. The van der Waals surface area contributed by atoms with Gasteiger partial charge in [-0.25, -0.2) is 4.98 Å². The van der Waals surface area contributed by atoms with E-state index in [-0.39, 0.29) is 11.8 Å². The molecule has 2 N–H and O–H groups in total. The van der Waals surface area contributed by atoms with E-state index in [0.717, 1.165) is 53.5 Å². The molecule has 32 heavy (non-hydrogen) atoms. The fourth-order valence-electron chi connectivity index (χ4n) is 4.05. The van der Waals surface area contributed by atoms with Gasteiger partial charge in [-0.3, -0.25) is 9.89 Å². The third kappa shape index (κ3) is 5.10. The van der Waals surface area contributed by atoms with Gasteiger partial charge < -0.3 is 15.0 Å². The number of anilines is 1. The first-order valence-electron chi connectivity index (χ1n) is 11.2. The third-order valence-corrected chi connectivity index (χ3v) is 5.79. The van der Waals surface area contributed by atoms with Crippen molar-refractivity contribution in [1.82, 2.24) is 20.1 Å². The zero-order valence-corrected chi connectivity index (χ0v) is 19.0. The SMILES string of the molecule is CC(=O)N1CC[C@@H](c2[nH]ncc2-c2ccnc(NCc3ccccc3OCC(C)C)c2)C1. The number of likely N-dealkylation sites (tertiary alicyclic amines) is 1. The number of nitrogens with zero attached hydrogens (tertiary/aromatic N) is 3. The highest BCUT2D eigenvalue weighted by molar-refractivity contribution is 5.74. The second-order valence-corrected chi connectivity index (χ2v) is 8.74. The van der Waals surface area contributed by atoms with Crippen LogP contribution in [0.3, 0.4) is 0 Å². The largest absolute Gasteiger partial charge is 0.493 e. The molecule has 1 aromatic carbocycles. The monoisotopic (exact) mass is 433 g/mol. The molecule has 168 valence electrons. The zero-order chi connectivity index (χ0) is 22.5. The maximum absolute atomic E-state index is 11.7. The van der Waals surface area contributed by atoms with Crippen molar-refractivity contribution in [2.24, 2.45) is 5.92 Å². The van der Waals surface area contributed by atoms with Crippen LogP contribution < -0.4 is 10.1 Å². The predicted octanol–water partition coefficient (Wildman–Crippen LogP) is 4.45. The van der Waals surface area contributed by atoms with Crippen LogP contribution in [0.25, 0.3) is 11.1 Å². The third-order valence-electron chi connectivity index (χ3n) is 5.79. The highest BCUT2D eigenvalue weighted by Crippen LogP contribution is 2.34. The minimum atomic E-state index is 0.126. The van der Waals surface area contributed by atoms with Crippen LogP contribution in [0.1, 0.15) is 44.4 Å². The first-order valence-corrected chi connectivity index (χ1v) is 11.2. The van der Waals surface area contributed by atoms with E-state index in [1.165, 1.54) is 0 Å². The summed E-state index contributed by atoms with van der Waals surface area (Å²) in [6.07, 6.45) is 4.62. The topological polar surface area (TPSA) is 83.1 Å². The number of carbonyl (C=O) groups excluding carboxylic acids is 1. The second kappa shape index (κ2) is 9.85. The van der Waals surface area contributed by atoms with Crippen LogP contribution in [0.15, 0.2) is 48.8 Å². The maximum atomic E-state index is 11.7. The van der Waals surface area contributed by atoms with E-state index < -0.39 is 0 Å². The smallest absolute Gasteiger partial charge is 0.219 e. The van der Waals surface area contributed by atoms with Gasteiger partial charge in [-0.1, -0.05) is 32.0 Å². The van der Waals surface area contributed by atoms with Crippen LogP contribution >= 0.6 is 0 Å². The number of amides is 1. The van der Waals surface area contributed by atoms with Crippen molar-refractivity contribution in [2.45, 2.75) is 39.7 Å². The summed E-state index contributed by atoms with van der Waals surface area (Å²) in [5.41, 5.74) is 4.29. The van der Waals surface area contributed by atoms with Crippen molar-refractivity contribution in [2.75, 3.05) is 25.0 Å². The first-order chi connectivity index (χ1) is 15.5. The van der Waals surface area contributed by atoms with Crippen molar-refractivity contribution >= 4 is 11.7 Å². The lowest BCUT2D eigenvalue weighted by molar-refractivity contribution is -0.127. The average molecular weight is 434 g/mol. The van der Waals surface area contributed by atoms with Gasteiger partial charge in [0, 0.05) is 55.5 Å². The number of rotatable bonds is 8. The van der Waals surface area contributed by atoms with E-state index in [1.54, 1.807) is 6.92 Å². The quantitative estimate of drug-likeness (QED) is 0.548. The molecule has 1 saturated heterocycles. The van der Waals surface area contributed by atoms with E-state index in [4.69, 9.17) is 4.74 Å².